The zero-order valence-electron chi connectivity index (χ0n) is 15.0. The summed E-state index contributed by atoms with van der Waals surface area (Å²) >= 11 is 0. The molecule has 0 radical (unpaired) electrons. The lowest BCUT2D eigenvalue weighted by Crippen LogP contribution is -2.42. The number of rotatable bonds is 7. The molecule has 0 aromatic heterocycles. The number of carbonyl (C=O) groups is 1. The van der Waals surface area contributed by atoms with Gasteiger partial charge in [0.25, 0.3) is 0 Å². The highest BCUT2D eigenvalue weighted by molar-refractivity contribution is 14.0. The molecule has 0 spiro atoms. The summed E-state index contributed by atoms with van der Waals surface area (Å²) < 4.78 is 5.20. The lowest BCUT2D eigenvalue weighted by atomic mass is 10.2. The number of halogens is 1. The molecule has 0 bridgehead atoms. The molecule has 0 aliphatic rings. The zero-order valence-corrected chi connectivity index (χ0v) is 17.3. The van der Waals surface area contributed by atoms with Gasteiger partial charge in [-0.3, -0.25) is 9.79 Å². The third-order valence-electron chi connectivity index (χ3n) is 3.57. The molecule has 2 aromatic carbocycles. The molecule has 0 heterocycles. The van der Waals surface area contributed by atoms with Gasteiger partial charge in [0.2, 0.25) is 5.91 Å². The molecule has 6 nitrogen and oxygen atoms in total. The van der Waals surface area contributed by atoms with Gasteiger partial charge in [0.15, 0.2) is 5.96 Å². The van der Waals surface area contributed by atoms with Crippen LogP contribution in [0.15, 0.2) is 59.6 Å². The van der Waals surface area contributed by atoms with Crippen molar-refractivity contribution in [2.24, 2.45) is 4.99 Å². The van der Waals surface area contributed by atoms with Crippen LogP contribution in [0.4, 0.5) is 0 Å². The number of hydrogen-bond acceptors (Lipinski definition) is 3. The lowest BCUT2D eigenvalue weighted by Gasteiger charge is -2.12. The highest BCUT2D eigenvalue weighted by Crippen LogP contribution is 2.11. The predicted octanol–water partition coefficient (Wildman–Crippen LogP) is 2.29. The van der Waals surface area contributed by atoms with E-state index in [1.54, 1.807) is 14.2 Å². The van der Waals surface area contributed by atoms with Crippen molar-refractivity contribution in [2.45, 2.75) is 13.1 Å². The standard InChI is InChI=1S/C19H24N4O2.HI/c1-20-19(22-13-16-9-6-10-17(11-16)25-2)23-14-18(24)21-12-15-7-4-3-5-8-15;/h3-11H,12-14H2,1-2H3,(H,21,24)(H2,20,22,23);1H. The van der Waals surface area contributed by atoms with E-state index in [0.29, 0.717) is 19.0 Å². The number of carbonyl (C=O) groups excluding carboxylic acids is 1. The summed E-state index contributed by atoms with van der Waals surface area (Å²) in [6.45, 7) is 1.25. The second-order valence-corrected chi connectivity index (χ2v) is 5.39. The van der Waals surface area contributed by atoms with Crippen molar-refractivity contribution in [3.05, 3.63) is 65.7 Å². The number of amides is 1. The summed E-state index contributed by atoms with van der Waals surface area (Å²) in [5.74, 6) is 1.29. The van der Waals surface area contributed by atoms with E-state index in [1.807, 2.05) is 54.6 Å². The van der Waals surface area contributed by atoms with Crippen molar-refractivity contribution in [2.75, 3.05) is 20.7 Å². The number of aliphatic imine (C=N–C) groups is 1. The Morgan fingerprint density at radius 1 is 0.962 bits per heavy atom. The smallest absolute Gasteiger partial charge is 0.239 e. The SMILES string of the molecule is CN=C(NCC(=O)NCc1ccccc1)NCc1cccc(OC)c1.I. The Hall–Kier alpha value is -2.29. The molecule has 0 fully saturated rings. The molecule has 1 amide bonds. The number of benzene rings is 2. The highest BCUT2D eigenvalue weighted by atomic mass is 127. The zero-order chi connectivity index (χ0) is 17.9. The topological polar surface area (TPSA) is 74.8 Å². The van der Waals surface area contributed by atoms with Gasteiger partial charge in [-0.05, 0) is 23.3 Å². The molecule has 26 heavy (non-hydrogen) atoms. The van der Waals surface area contributed by atoms with Gasteiger partial charge in [0.05, 0.1) is 13.7 Å². The van der Waals surface area contributed by atoms with E-state index in [9.17, 15) is 4.79 Å². The van der Waals surface area contributed by atoms with Gasteiger partial charge in [-0.15, -0.1) is 24.0 Å². The lowest BCUT2D eigenvalue weighted by molar-refractivity contribution is -0.120. The first-order valence-electron chi connectivity index (χ1n) is 8.09. The van der Waals surface area contributed by atoms with Crippen LogP contribution in [0.25, 0.3) is 0 Å². The minimum Gasteiger partial charge on any atom is -0.497 e. The highest BCUT2D eigenvalue weighted by Gasteiger charge is 2.04. The number of methoxy groups -OCH3 is 1. The maximum Gasteiger partial charge on any atom is 0.239 e. The molecule has 0 saturated carbocycles. The van der Waals surface area contributed by atoms with Crippen molar-refractivity contribution in [1.29, 1.82) is 0 Å². The molecule has 0 aliphatic carbocycles. The van der Waals surface area contributed by atoms with Crippen LogP contribution >= 0.6 is 24.0 Å². The molecule has 7 heteroatoms. The van der Waals surface area contributed by atoms with Crippen LogP contribution in [0.2, 0.25) is 0 Å². The van der Waals surface area contributed by atoms with Gasteiger partial charge >= 0.3 is 0 Å². The number of ether oxygens (including phenoxy) is 1. The van der Waals surface area contributed by atoms with Crippen molar-refractivity contribution in [1.82, 2.24) is 16.0 Å². The molecule has 2 rings (SSSR count). The maximum atomic E-state index is 11.9. The average molecular weight is 468 g/mol. The summed E-state index contributed by atoms with van der Waals surface area (Å²) in [4.78, 5) is 16.0. The summed E-state index contributed by atoms with van der Waals surface area (Å²) in [5, 5.41) is 9.04. The Kier molecular flexibility index (Phi) is 10.1. The van der Waals surface area contributed by atoms with Gasteiger partial charge in [-0.2, -0.15) is 0 Å². The van der Waals surface area contributed by atoms with E-state index in [-0.39, 0.29) is 36.4 Å². The quantitative estimate of drug-likeness (QED) is 0.331. The maximum absolute atomic E-state index is 11.9. The fourth-order valence-corrected chi connectivity index (χ4v) is 2.21. The van der Waals surface area contributed by atoms with Crippen LogP contribution in [0.1, 0.15) is 11.1 Å². The number of hydrogen-bond donors (Lipinski definition) is 3. The Balaban J connectivity index is 0.00000338. The summed E-state index contributed by atoms with van der Waals surface area (Å²) in [7, 11) is 3.31. The molecular weight excluding hydrogens is 443 g/mol. The number of nitrogens with zero attached hydrogens (tertiary/aromatic N) is 1. The fraction of sp³-hybridized carbons (Fsp3) is 0.263. The van der Waals surface area contributed by atoms with Crippen molar-refractivity contribution >= 4 is 35.8 Å². The van der Waals surface area contributed by atoms with Crippen LogP contribution < -0.4 is 20.7 Å². The van der Waals surface area contributed by atoms with Crippen molar-refractivity contribution < 1.29 is 9.53 Å². The Morgan fingerprint density at radius 3 is 2.35 bits per heavy atom. The van der Waals surface area contributed by atoms with Gasteiger partial charge in [0, 0.05) is 20.1 Å². The largest absolute Gasteiger partial charge is 0.497 e. The van der Waals surface area contributed by atoms with E-state index < -0.39 is 0 Å². The predicted molar refractivity (Wildman–Crippen MR) is 115 cm³/mol. The minimum absolute atomic E-state index is 0. The molecule has 3 N–H and O–H groups in total. The van der Waals surface area contributed by atoms with Gasteiger partial charge in [-0.1, -0.05) is 42.5 Å². The van der Waals surface area contributed by atoms with Gasteiger partial charge in [-0.25, -0.2) is 0 Å². The summed E-state index contributed by atoms with van der Waals surface area (Å²) in [6, 6.07) is 17.6. The first-order chi connectivity index (χ1) is 12.2. The van der Waals surface area contributed by atoms with E-state index in [2.05, 4.69) is 20.9 Å². The van der Waals surface area contributed by atoms with Crippen molar-refractivity contribution in [3.8, 4) is 5.75 Å². The minimum atomic E-state index is -0.0896. The first-order valence-corrected chi connectivity index (χ1v) is 8.09. The Labute approximate surface area is 171 Å². The Morgan fingerprint density at radius 2 is 1.65 bits per heavy atom. The number of nitrogens with one attached hydrogen (secondary N) is 3. The molecule has 0 atom stereocenters. The number of guanidine groups is 1. The van der Waals surface area contributed by atoms with Crippen LogP contribution in [0, 0.1) is 0 Å². The van der Waals surface area contributed by atoms with Crippen molar-refractivity contribution in [3.63, 3.8) is 0 Å². The fourth-order valence-electron chi connectivity index (χ4n) is 2.21. The second kappa shape index (κ2) is 12.1. The summed E-state index contributed by atoms with van der Waals surface area (Å²) in [5.41, 5.74) is 2.13. The van der Waals surface area contributed by atoms with Crippen LogP contribution in [0.3, 0.4) is 0 Å². The van der Waals surface area contributed by atoms with Crippen LogP contribution in [0.5, 0.6) is 5.75 Å². The van der Waals surface area contributed by atoms with Gasteiger partial charge < -0.3 is 20.7 Å². The molecule has 140 valence electrons. The third kappa shape index (κ3) is 7.73. The summed E-state index contributed by atoms with van der Waals surface area (Å²) in [6.07, 6.45) is 0. The van der Waals surface area contributed by atoms with E-state index in [0.717, 1.165) is 16.9 Å². The molecule has 0 saturated heterocycles. The monoisotopic (exact) mass is 468 g/mol. The second-order valence-electron chi connectivity index (χ2n) is 5.39. The molecule has 0 aliphatic heterocycles. The Bertz CT molecular complexity index is 708. The normalized spacial score (nSPS) is 10.5. The van der Waals surface area contributed by atoms with Gasteiger partial charge in [0.1, 0.15) is 5.75 Å². The molecule has 2 aromatic rings. The molecular formula is C19H25IN4O2. The van der Waals surface area contributed by atoms with E-state index >= 15 is 0 Å². The van der Waals surface area contributed by atoms with Crippen LogP contribution in [-0.2, 0) is 17.9 Å². The van der Waals surface area contributed by atoms with E-state index in [4.69, 9.17) is 4.74 Å². The van der Waals surface area contributed by atoms with E-state index in [1.165, 1.54) is 0 Å². The van der Waals surface area contributed by atoms with Crippen LogP contribution in [-0.4, -0.2) is 32.6 Å². The molecule has 0 unspecified atom stereocenters. The first kappa shape index (κ1) is 21.8. The average Bonchev–Trinajstić information content (AvgIpc) is 2.67. The third-order valence-corrected chi connectivity index (χ3v) is 3.57.